The molecule has 0 saturated heterocycles. The fourth-order valence-corrected chi connectivity index (χ4v) is 1.11. The van der Waals surface area contributed by atoms with Gasteiger partial charge in [-0.1, -0.05) is 18.2 Å². The van der Waals surface area contributed by atoms with E-state index in [1.54, 1.807) is 34.6 Å². The number of ether oxygens (including phenoxy) is 2. The van der Waals surface area contributed by atoms with Gasteiger partial charge in [-0.2, -0.15) is 0 Å². The zero-order valence-electron chi connectivity index (χ0n) is 10.9. The third-order valence-electron chi connectivity index (χ3n) is 1.58. The van der Waals surface area contributed by atoms with Gasteiger partial charge in [-0.15, -0.1) is 0 Å². The van der Waals surface area contributed by atoms with E-state index in [9.17, 15) is 9.59 Å². The van der Waals surface area contributed by atoms with Gasteiger partial charge >= 0.3 is 11.9 Å². The number of hydrogen-bond donors (Lipinski definition) is 0. The van der Waals surface area contributed by atoms with E-state index < -0.39 is 23.1 Å². The van der Waals surface area contributed by atoms with Crippen LogP contribution in [-0.2, 0) is 19.1 Å². The highest BCUT2D eigenvalue weighted by atomic mass is 35.5. The first-order valence-electron chi connectivity index (χ1n) is 5.22. The minimum atomic E-state index is -0.975. The van der Waals surface area contributed by atoms with Gasteiger partial charge in [0, 0.05) is 0 Å². The van der Waals surface area contributed by atoms with Crippen molar-refractivity contribution in [2.75, 3.05) is 0 Å². The molecular formula is C12H19ClO4. The summed E-state index contributed by atoms with van der Waals surface area (Å²) >= 11 is 5.39. The van der Waals surface area contributed by atoms with Crippen molar-refractivity contribution in [3.8, 4) is 0 Å². The lowest BCUT2D eigenvalue weighted by atomic mass is 10.1. The standard InChI is InChI=1S/C12H19ClO4/c1-8(13)10(15)17-12(5,6)7-9(14)16-11(2,3)4/h1,7H2,2-6H3. The van der Waals surface area contributed by atoms with Crippen LogP contribution in [0.15, 0.2) is 11.6 Å². The normalized spacial score (nSPS) is 11.9. The summed E-state index contributed by atoms with van der Waals surface area (Å²) in [6.45, 7) is 11.8. The zero-order valence-corrected chi connectivity index (χ0v) is 11.7. The molecule has 0 bridgehead atoms. The molecular weight excluding hydrogens is 244 g/mol. The highest BCUT2D eigenvalue weighted by Crippen LogP contribution is 2.20. The van der Waals surface area contributed by atoms with Gasteiger partial charge < -0.3 is 9.47 Å². The van der Waals surface area contributed by atoms with Crippen LogP contribution in [0, 0.1) is 0 Å². The lowest BCUT2D eigenvalue weighted by Gasteiger charge is -2.26. The Balaban J connectivity index is 4.40. The lowest BCUT2D eigenvalue weighted by molar-refractivity contribution is -0.165. The molecule has 0 spiro atoms. The van der Waals surface area contributed by atoms with E-state index in [-0.39, 0.29) is 11.5 Å². The van der Waals surface area contributed by atoms with Crippen molar-refractivity contribution < 1.29 is 19.1 Å². The van der Waals surface area contributed by atoms with E-state index in [0.717, 1.165) is 0 Å². The van der Waals surface area contributed by atoms with Crippen molar-refractivity contribution in [3.63, 3.8) is 0 Å². The van der Waals surface area contributed by atoms with Crippen LogP contribution in [0.3, 0.4) is 0 Å². The Labute approximate surface area is 107 Å². The van der Waals surface area contributed by atoms with Crippen LogP contribution in [0.1, 0.15) is 41.0 Å². The molecule has 17 heavy (non-hydrogen) atoms. The van der Waals surface area contributed by atoms with Gasteiger partial charge in [0.15, 0.2) is 0 Å². The van der Waals surface area contributed by atoms with Gasteiger partial charge in [0.05, 0.1) is 6.42 Å². The van der Waals surface area contributed by atoms with Gasteiger partial charge in [-0.25, -0.2) is 4.79 Å². The van der Waals surface area contributed by atoms with Crippen LogP contribution in [-0.4, -0.2) is 23.1 Å². The maximum absolute atomic E-state index is 11.6. The van der Waals surface area contributed by atoms with E-state index in [2.05, 4.69) is 6.58 Å². The second-order valence-corrected chi connectivity index (χ2v) is 5.77. The Bertz CT molecular complexity index is 326. The van der Waals surface area contributed by atoms with E-state index in [4.69, 9.17) is 21.1 Å². The van der Waals surface area contributed by atoms with Crippen LogP contribution in [0.25, 0.3) is 0 Å². The molecule has 0 radical (unpaired) electrons. The van der Waals surface area contributed by atoms with Crippen molar-refractivity contribution in [1.82, 2.24) is 0 Å². The maximum Gasteiger partial charge on any atom is 0.349 e. The SMILES string of the molecule is C=C(Cl)C(=O)OC(C)(C)CC(=O)OC(C)(C)C. The monoisotopic (exact) mass is 262 g/mol. The predicted octanol–water partition coefficient (Wildman–Crippen LogP) is 2.79. The average Bonchev–Trinajstić information content (AvgIpc) is 1.96. The first kappa shape index (κ1) is 16.0. The summed E-state index contributed by atoms with van der Waals surface area (Å²) < 4.78 is 10.1. The van der Waals surface area contributed by atoms with Crippen LogP contribution < -0.4 is 0 Å². The van der Waals surface area contributed by atoms with Gasteiger partial charge in [0.1, 0.15) is 16.2 Å². The topological polar surface area (TPSA) is 52.6 Å². The minimum Gasteiger partial charge on any atom is -0.460 e. The number of hydrogen-bond acceptors (Lipinski definition) is 4. The maximum atomic E-state index is 11.6. The summed E-state index contributed by atoms with van der Waals surface area (Å²) in [4.78, 5) is 22.8. The smallest absolute Gasteiger partial charge is 0.349 e. The quantitative estimate of drug-likeness (QED) is 0.577. The molecule has 0 aliphatic rings. The summed E-state index contributed by atoms with van der Waals surface area (Å²) in [5, 5.41) is -0.220. The predicted molar refractivity (Wildman–Crippen MR) is 65.6 cm³/mol. The van der Waals surface area contributed by atoms with E-state index in [1.807, 2.05) is 0 Å². The Hall–Kier alpha value is -1.03. The Morgan fingerprint density at radius 3 is 1.94 bits per heavy atom. The number of esters is 2. The third-order valence-corrected chi connectivity index (χ3v) is 1.73. The molecule has 98 valence electrons. The molecule has 0 rings (SSSR count). The molecule has 0 unspecified atom stereocenters. The third kappa shape index (κ3) is 7.80. The van der Waals surface area contributed by atoms with Gasteiger partial charge in [0.25, 0.3) is 0 Å². The molecule has 0 aliphatic heterocycles. The van der Waals surface area contributed by atoms with E-state index >= 15 is 0 Å². The molecule has 0 amide bonds. The molecule has 0 N–H and O–H groups in total. The van der Waals surface area contributed by atoms with Gasteiger partial charge in [-0.05, 0) is 34.6 Å². The fraction of sp³-hybridized carbons (Fsp3) is 0.667. The molecule has 4 nitrogen and oxygen atoms in total. The largest absolute Gasteiger partial charge is 0.460 e. The van der Waals surface area contributed by atoms with Gasteiger partial charge in [0.2, 0.25) is 0 Å². The molecule has 0 aliphatic carbocycles. The number of carbonyl (C=O) groups is 2. The highest BCUT2D eigenvalue weighted by Gasteiger charge is 2.29. The first-order chi connectivity index (χ1) is 7.43. The van der Waals surface area contributed by atoms with Crippen molar-refractivity contribution in [3.05, 3.63) is 11.6 Å². The summed E-state index contributed by atoms with van der Waals surface area (Å²) in [5.41, 5.74) is -1.54. The average molecular weight is 263 g/mol. The minimum absolute atomic E-state index is 0.0415. The number of halogens is 1. The fourth-order valence-electron chi connectivity index (χ4n) is 1.07. The molecule has 5 heteroatoms. The molecule has 0 saturated carbocycles. The van der Waals surface area contributed by atoms with Crippen LogP contribution in [0.2, 0.25) is 0 Å². The summed E-state index contributed by atoms with van der Waals surface area (Å²) in [5.74, 6) is -1.17. The molecule has 0 atom stereocenters. The van der Waals surface area contributed by atoms with Crippen molar-refractivity contribution in [2.24, 2.45) is 0 Å². The van der Waals surface area contributed by atoms with Crippen LogP contribution in [0.5, 0.6) is 0 Å². The highest BCUT2D eigenvalue weighted by molar-refractivity contribution is 6.40. The van der Waals surface area contributed by atoms with Crippen molar-refractivity contribution in [2.45, 2.75) is 52.2 Å². The van der Waals surface area contributed by atoms with E-state index in [1.165, 1.54) is 0 Å². The summed E-state index contributed by atoms with van der Waals surface area (Å²) in [6, 6.07) is 0. The number of rotatable bonds is 4. The van der Waals surface area contributed by atoms with Crippen LogP contribution >= 0.6 is 11.6 Å². The second-order valence-electron chi connectivity index (χ2n) is 5.32. The molecule has 0 heterocycles. The summed E-state index contributed by atoms with van der Waals surface area (Å²) in [7, 11) is 0. The van der Waals surface area contributed by atoms with Crippen molar-refractivity contribution in [1.29, 1.82) is 0 Å². The first-order valence-corrected chi connectivity index (χ1v) is 5.60. The molecule has 0 aromatic heterocycles. The summed E-state index contributed by atoms with van der Waals surface area (Å²) in [6.07, 6.45) is -0.0415. The molecule has 0 aromatic carbocycles. The van der Waals surface area contributed by atoms with Gasteiger partial charge in [-0.3, -0.25) is 4.79 Å². The number of carbonyl (C=O) groups excluding carboxylic acids is 2. The zero-order chi connectivity index (χ0) is 13.9. The lowest BCUT2D eigenvalue weighted by Crippen LogP contribution is -2.34. The van der Waals surface area contributed by atoms with E-state index in [0.29, 0.717) is 0 Å². The Morgan fingerprint density at radius 2 is 1.59 bits per heavy atom. The van der Waals surface area contributed by atoms with Crippen molar-refractivity contribution >= 4 is 23.5 Å². The Morgan fingerprint density at radius 1 is 1.12 bits per heavy atom. The molecule has 0 fully saturated rings. The Kier molecular flexibility index (Phi) is 5.20. The van der Waals surface area contributed by atoms with Crippen LogP contribution in [0.4, 0.5) is 0 Å². The second kappa shape index (κ2) is 5.54. The molecule has 0 aromatic rings.